The molecule has 1 atom stereocenters. The molecule has 5 saturated carbocycles. The Hall–Kier alpha value is -1.04. The van der Waals surface area contributed by atoms with Gasteiger partial charge in [0.2, 0.25) is 5.91 Å². The Morgan fingerprint density at radius 3 is 2.15 bits per heavy atom. The van der Waals surface area contributed by atoms with Gasteiger partial charge in [-0.05, 0) is 81.0 Å². The second kappa shape index (κ2) is 4.48. The first-order valence-electron chi connectivity index (χ1n) is 8.36. The van der Waals surface area contributed by atoms with Gasteiger partial charge in [-0.3, -0.25) is 4.79 Å². The van der Waals surface area contributed by atoms with E-state index in [4.69, 9.17) is 0 Å². The zero-order chi connectivity index (χ0) is 13.7. The molecule has 108 valence electrons. The number of carbonyl (C=O) groups is 1. The fourth-order valence-electron chi connectivity index (χ4n) is 5.70. The summed E-state index contributed by atoms with van der Waals surface area (Å²) in [5.74, 6) is 2.28. The molecule has 5 aliphatic rings. The van der Waals surface area contributed by atoms with Crippen LogP contribution in [-0.4, -0.2) is 11.9 Å². The van der Waals surface area contributed by atoms with Crippen molar-refractivity contribution in [2.45, 2.75) is 63.8 Å². The Kier molecular flexibility index (Phi) is 2.84. The van der Waals surface area contributed by atoms with Crippen LogP contribution in [-0.2, 0) is 4.79 Å². The number of nitriles is 1. The van der Waals surface area contributed by atoms with Gasteiger partial charge >= 0.3 is 0 Å². The number of nitrogens with one attached hydrogen (secondary N) is 1. The highest BCUT2D eigenvalue weighted by Crippen LogP contribution is 2.62. The van der Waals surface area contributed by atoms with E-state index in [1.807, 2.05) is 0 Å². The number of nitrogens with zero attached hydrogens (tertiary/aromatic N) is 1. The summed E-state index contributed by atoms with van der Waals surface area (Å²) in [6.45, 7) is 0. The molecular formula is C17H24N2O. The van der Waals surface area contributed by atoms with Gasteiger partial charge < -0.3 is 5.32 Å². The molecule has 0 heterocycles. The maximum atomic E-state index is 12.2. The number of rotatable bonds is 4. The molecule has 1 N–H and O–H groups in total. The van der Waals surface area contributed by atoms with Crippen LogP contribution in [0.15, 0.2) is 0 Å². The van der Waals surface area contributed by atoms with Gasteiger partial charge in [0.15, 0.2) is 0 Å². The highest BCUT2D eigenvalue weighted by molar-refractivity contribution is 5.81. The monoisotopic (exact) mass is 272 g/mol. The summed E-state index contributed by atoms with van der Waals surface area (Å²) < 4.78 is 0. The quantitative estimate of drug-likeness (QED) is 0.855. The number of carbonyl (C=O) groups excluding carboxylic acids is 1. The van der Waals surface area contributed by atoms with Crippen molar-refractivity contribution in [2.75, 3.05) is 0 Å². The lowest BCUT2D eigenvalue weighted by molar-refractivity contribution is -0.126. The maximum absolute atomic E-state index is 12.2. The molecule has 5 fully saturated rings. The van der Waals surface area contributed by atoms with Crippen molar-refractivity contribution in [3.8, 4) is 6.07 Å². The maximum Gasteiger partial charge on any atom is 0.237 e. The van der Waals surface area contributed by atoms with Crippen molar-refractivity contribution in [1.29, 1.82) is 5.26 Å². The topological polar surface area (TPSA) is 52.9 Å². The van der Waals surface area contributed by atoms with Gasteiger partial charge in [0.1, 0.15) is 5.92 Å². The summed E-state index contributed by atoms with van der Waals surface area (Å²) in [5.41, 5.74) is 0.329. The van der Waals surface area contributed by atoms with Crippen LogP contribution in [0, 0.1) is 40.4 Å². The second-order valence-corrected chi connectivity index (χ2v) is 8.09. The van der Waals surface area contributed by atoms with Crippen molar-refractivity contribution in [2.24, 2.45) is 29.1 Å². The first kappa shape index (κ1) is 12.7. The first-order valence-corrected chi connectivity index (χ1v) is 8.36. The Balaban J connectivity index is 1.46. The number of amides is 1. The molecule has 0 aromatic rings. The zero-order valence-corrected chi connectivity index (χ0v) is 12.1. The fraction of sp³-hybridized carbons (Fsp3) is 0.882. The lowest BCUT2D eigenvalue weighted by Gasteiger charge is -2.57. The fourth-order valence-corrected chi connectivity index (χ4v) is 5.70. The minimum absolute atomic E-state index is 0.00532. The normalized spacial score (nSPS) is 43.0. The number of hydrogen-bond acceptors (Lipinski definition) is 2. The highest BCUT2D eigenvalue weighted by Gasteiger charge is 2.52. The third-order valence-corrected chi connectivity index (χ3v) is 6.20. The van der Waals surface area contributed by atoms with E-state index in [1.165, 1.54) is 38.5 Å². The summed E-state index contributed by atoms with van der Waals surface area (Å²) in [5, 5.41) is 12.4. The van der Waals surface area contributed by atoms with E-state index in [0.717, 1.165) is 37.0 Å². The van der Waals surface area contributed by atoms with Gasteiger partial charge in [-0.15, -0.1) is 0 Å². The van der Waals surface area contributed by atoms with Gasteiger partial charge in [-0.25, -0.2) is 0 Å². The SMILES string of the molecule is N#CC(CC12CC3CC(CC(C3)C1)C2)C(=O)NC1CC1. The summed E-state index contributed by atoms with van der Waals surface area (Å²) in [6, 6.07) is 2.67. The summed E-state index contributed by atoms with van der Waals surface area (Å²) in [6.07, 6.45) is 11.1. The first-order chi connectivity index (χ1) is 9.66. The van der Waals surface area contributed by atoms with Gasteiger partial charge in [0.05, 0.1) is 6.07 Å². The predicted octanol–water partition coefficient (Wildman–Crippen LogP) is 3.01. The molecule has 0 aliphatic heterocycles. The lowest BCUT2D eigenvalue weighted by atomic mass is 9.48. The van der Waals surface area contributed by atoms with Crippen molar-refractivity contribution in [3.05, 3.63) is 0 Å². The molecule has 1 unspecified atom stereocenters. The zero-order valence-electron chi connectivity index (χ0n) is 12.1. The third-order valence-electron chi connectivity index (χ3n) is 6.20. The summed E-state index contributed by atoms with van der Waals surface area (Å²) >= 11 is 0. The number of hydrogen-bond donors (Lipinski definition) is 1. The highest BCUT2D eigenvalue weighted by atomic mass is 16.2. The molecule has 4 bridgehead atoms. The van der Waals surface area contributed by atoms with Crippen molar-refractivity contribution < 1.29 is 4.79 Å². The molecule has 20 heavy (non-hydrogen) atoms. The van der Waals surface area contributed by atoms with Crippen LogP contribution in [0.3, 0.4) is 0 Å². The molecule has 5 rings (SSSR count). The van der Waals surface area contributed by atoms with Crippen LogP contribution in [0.1, 0.15) is 57.8 Å². The van der Waals surface area contributed by atoms with Gasteiger partial charge in [-0.1, -0.05) is 0 Å². The Labute approximate surface area is 121 Å². The molecule has 0 spiro atoms. The van der Waals surface area contributed by atoms with Crippen molar-refractivity contribution in [3.63, 3.8) is 0 Å². The Morgan fingerprint density at radius 2 is 1.70 bits per heavy atom. The molecule has 5 aliphatic carbocycles. The van der Waals surface area contributed by atoms with Crippen LogP contribution in [0.5, 0.6) is 0 Å². The van der Waals surface area contributed by atoms with Crippen LogP contribution in [0.2, 0.25) is 0 Å². The van der Waals surface area contributed by atoms with Crippen molar-refractivity contribution in [1.82, 2.24) is 5.32 Å². The van der Waals surface area contributed by atoms with Gasteiger partial charge in [0, 0.05) is 6.04 Å². The molecule has 3 nitrogen and oxygen atoms in total. The minimum atomic E-state index is -0.410. The van der Waals surface area contributed by atoms with Gasteiger partial charge in [0.25, 0.3) is 0 Å². The van der Waals surface area contributed by atoms with Crippen LogP contribution >= 0.6 is 0 Å². The lowest BCUT2D eigenvalue weighted by Crippen LogP contribution is -2.48. The van der Waals surface area contributed by atoms with Crippen LogP contribution in [0.25, 0.3) is 0 Å². The van der Waals surface area contributed by atoms with E-state index in [1.54, 1.807) is 0 Å². The molecule has 0 aromatic heterocycles. The average molecular weight is 272 g/mol. The molecule has 0 radical (unpaired) electrons. The second-order valence-electron chi connectivity index (χ2n) is 8.09. The van der Waals surface area contributed by atoms with E-state index < -0.39 is 5.92 Å². The molecule has 3 heteroatoms. The van der Waals surface area contributed by atoms with Crippen LogP contribution < -0.4 is 5.32 Å². The minimum Gasteiger partial charge on any atom is -0.352 e. The molecule has 1 amide bonds. The van der Waals surface area contributed by atoms with E-state index in [9.17, 15) is 10.1 Å². The smallest absolute Gasteiger partial charge is 0.237 e. The van der Waals surface area contributed by atoms with Crippen LogP contribution in [0.4, 0.5) is 0 Å². The Morgan fingerprint density at radius 1 is 1.15 bits per heavy atom. The third kappa shape index (κ3) is 2.24. The summed E-state index contributed by atoms with van der Waals surface area (Å²) in [7, 11) is 0. The van der Waals surface area contributed by atoms with E-state index in [0.29, 0.717) is 11.5 Å². The molecule has 0 saturated heterocycles. The molecule has 0 aromatic carbocycles. The Bertz CT molecular complexity index is 425. The van der Waals surface area contributed by atoms with Gasteiger partial charge in [-0.2, -0.15) is 5.26 Å². The van der Waals surface area contributed by atoms with E-state index >= 15 is 0 Å². The molecular weight excluding hydrogens is 248 g/mol. The van der Waals surface area contributed by atoms with E-state index in [-0.39, 0.29) is 5.91 Å². The largest absolute Gasteiger partial charge is 0.352 e. The van der Waals surface area contributed by atoms with Crippen molar-refractivity contribution >= 4 is 5.91 Å². The van der Waals surface area contributed by atoms with E-state index in [2.05, 4.69) is 11.4 Å². The standard InChI is InChI=1S/C17H24N2O/c18-10-14(16(20)19-15-1-2-15)9-17-6-11-3-12(7-17)5-13(4-11)8-17/h11-15H,1-9H2,(H,19,20). The average Bonchev–Trinajstić information content (AvgIpc) is 3.18. The predicted molar refractivity (Wildman–Crippen MR) is 75.5 cm³/mol. The summed E-state index contributed by atoms with van der Waals surface area (Å²) in [4.78, 5) is 12.2.